The largest absolute Gasteiger partial charge is 0.481 e. The van der Waals surface area contributed by atoms with Crippen LogP contribution in [-0.4, -0.2) is 35.6 Å². The van der Waals surface area contributed by atoms with Gasteiger partial charge in [0, 0.05) is 19.0 Å². The Balaban J connectivity index is 1.99. The highest BCUT2D eigenvalue weighted by Crippen LogP contribution is 2.31. The van der Waals surface area contributed by atoms with Crippen molar-refractivity contribution >= 4 is 27.3 Å². The molecule has 7 heteroatoms. The predicted octanol–water partition coefficient (Wildman–Crippen LogP) is 1.91. The SMILES string of the molecule is O=C(O)CCCS(=O)(=O)N(Cc1ccsc1)C1CC1. The van der Waals surface area contributed by atoms with Crippen LogP contribution in [0.1, 0.15) is 31.2 Å². The number of carboxylic acid groups (broad SMARTS) is 1. The lowest BCUT2D eigenvalue weighted by Crippen LogP contribution is -2.34. The molecule has 1 fully saturated rings. The van der Waals surface area contributed by atoms with E-state index in [0.29, 0.717) is 6.54 Å². The lowest BCUT2D eigenvalue weighted by atomic mass is 10.3. The number of sulfonamides is 1. The highest BCUT2D eigenvalue weighted by molar-refractivity contribution is 7.89. The minimum absolute atomic E-state index is 0.0834. The fourth-order valence-electron chi connectivity index (χ4n) is 1.90. The van der Waals surface area contributed by atoms with Gasteiger partial charge in [-0.1, -0.05) is 0 Å². The zero-order valence-electron chi connectivity index (χ0n) is 10.5. The number of hydrogen-bond acceptors (Lipinski definition) is 4. The predicted molar refractivity (Wildman–Crippen MR) is 73.5 cm³/mol. The molecule has 0 saturated heterocycles. The van der Waals surface area contributed by atoms with E-state index in [1.807, 2.05) is 16.8 Å². The lowest BCUT2D eigenvalue weighted by molar-refractivity contribution is -0.137. The van der Waals surface area contributed by atoms with Crippen LogP contribution in [0.15, 0.2) is 16.8 Å². The number of nitrogens with zero attached hydrogens (tertiary/aromatic N) is 1. The molecule has 1 aromatic rings. The Morgan fingerprint density at radius 2 is 2.21 bits per heavy atom. The molecule has 0 bridgehead atoms. The summed E-state index contributed by atoms with van der Waals surface area (Å²) in [6, 6.07) is 2.03. The first-order valence-electron chi connectivity index (χ1n) is 6.21. The standard InChI is InChI=1S/C12H17NO4S2/c14-12(15)2-1-7-19(16,17)13(11-3-4-11)8-10-5-6-18-9-10/h5-6,9,11H,1-4,7-8H2,(H,14,15). The molecule has 1 aliphatic carbocycles. The van der Waals surface area contributed by atoms with Crippen LogP contribution in [0.5, 0.6) is 0 Å². The molecule has 1 saturated carbocycles. The summed E-state index contributed by atoms with van der Waals surface area (Å²) in [5.41, 5.74) is 0.999. The van der Waals surface area contributed by atoms with Gasteiger partial charge in [-0.3, -0.25) is 4.79 Å². The highest BCUT2D eigenvalue weighted by atomic mass is 32.2. The van der Waals surface area contributed by atoms with Gasteiger partial charge in [0.2, 0.25) is 10.0 Å². The van der Waals surface area contributed by atoms with Crippen molar-refractivity contribution in [1.82, 2.24) is 4.31 Å². The molecule has 0 atom stereocenters. The molecule has 0 aliphatic heterocycles. The van der Waals surface area contributed by atoms with Crippen molar-refractivity contribution in [3.63, 3.8) is 0 Å². The Bertz CT molecular complexity index is 520. The zero-order valence-corrected chi connectivity index (χ0v) is 12.1. The van der Waals surface area contributed by atoms with E-state index in [2.05, 4.69) is 0 Å². The molecule has 1 aliphatic rings. The van der Waals surface area contributed by atoms with Crippen LogP contribution >= 0.6 is 11.3 Å². The van der Waals surface area contributed by atoms with Gasteiger partial charge >= 0.3 is 5.97 Å². The maximum absolute atomic E-state index is 12.3. The van der Waals surface area contributed by atoms with Crippen molar-refractivity contribution in [2.75, 3.05) is 5.75 Å². The van der Waals surface area contributed by atoms with Crippen LogP contribution in [0.25, 0.3) is 0 Å². The summed E-state index contributed by atoms with van der Waals surface area (Å²) < 4.78 is 26.1. The van der Waals surface area contributed by atoms with Gasteiger partial charge in [0.25, 0.3) is 0 Å². The average Bonchev–Trinajstić information content (AvgIpc) is 3.02. The summed E-state index contributed by atoms with van der Waals surface area (Å²) in [6.07, 6.45) is 1.88. The van der Waals surface area contributed by atoms with Crippen molar-refractivity contribution in [3.05, 3.63) is 22.4 Å². The van der Waals surface area contributed by atoms with Crippen molar-refractivity contribution in [2.45, 2.75) is 38.3 Å². The molecule has 0 unspecified atom stereocenters. The van der Waals surface area contributed by atoms with Gasteiger partial charge in [-0.05, 0) is 41.7 Å². The Hall–Kier alpha value is -0.920. The molecule has 1 N–H and O–H groups in total. The molecule has 5 nitrogen and oxygen atoms in total. The zero-order chi connectivity index (χ0) is 13.9. The van der Waals surface area contributed by atoms with E-state index in [4.69, 9.17) is 5.11 Å². The third kappa shape index (κ3) is 4.29. The summed E-state index contributed by atoms with van der Waals surface area (Å²) in [7, 11) is -3.36. The monoisotopic (exact) mass is 303 g/mol. The van der Waals surface area contributed by atoms with Gasteiger partial charge in [0.15, 0.2) is 0 Å². The first kappa shape index (κ1) is 14.5. The summed E-state index contributed by atoms with van der Waals surface area (Å²) in [6.45, 7) is 0.406. The van der Waals surface area contributed by atoms with Gasteiger partial charge in [0.1, 0.15) is 0 Å². The van der Waals surface area contributed by atoms with E-state index in [1.54, 1.807) is 11.3 Å². The number of carbonyl (C=O) groups is 1. The fraction of sp³-hybridized carbons (Fsp3) is 0.583. The molecular formula is C12H17NO4S2. The minimum atomic E-state index is -3.36. The van der Waals surface area contributed by atoms with Crippen molar-refractivity contribution in [3.8, 4) is 0 Å². The van der Waals surface area contributed by atoms with E-state index in [0.717, 1.165) is 18.4 Å². The number of thiophene rings is 1. The molecular weight excluding hydrogens is 286 g/mol. The van der Waals surface area contributed by atoms with Crippen molar-refractivity contribution in [2.24, 2.45) is 0 Å². The van der Waals surface area contributed by atoms with Crippen LogP contribution in [-0.2, 0) is 21.4 Å². The second kappa shape index (κ2) is 6.02. The van der Waals surface area contributed by atoms with Gasteiger partial charge in [-0.25, -0.2) is 8.42 Å². The first-order chi connectivity index (χ1) is 8.99. The average molecular weight is 303 g/mol. The van der Waals surface area contributed by atoms with Gasteiger partial charge in [-0.15, -0.1) is 0 Å². The lowest BCUT2D eigenvalue weighted by Gasteiger charge is -2.21. The van der Waals surface area contributed by atoms with Crippen LogP contribution in [0, 0.1) is 0 Å². The maximum Gasteiger partial charge on any atom is 0.303 e. The van der Waals surface area contributed by atoms with E-state index in [9.17, 15) is 13.2 Å². The number of hydrogen-bond donors (Lipinski definition) is 1. The van der Waals surface area contributed by atoms with Crippen LogP contribution in [0.4, 0.5) is 0 Å². The van der Waals surface area contributed by atoms with Crippen molar-refractivity contribution < 1.29 is 18.3 Å². The van der Waals surface area contributed by atoms with Crippen LogP contribution in [0.3, 0.4) is 0 Å². The quantitative estimate of drug-likeness (QED) is 0.796. The topological polar surface area (TPSA) is 74.7 Å². The Kier molecular flexibility index (Phi) is 4.59. The van der Waals surface area contributed by atoms with E-state index in [1.165, 1.54) is 4.31 Å². The molecule has 2 rings (SSSR count). The molecule has 1 heterocycles. The smallest absolute Gasteiger partial charge is 0.303 e. The molecule has 0 amide bonds. The summed E-state index contributed by atoms with van der Waals surface area (Å²) in [4.78, 5) is 10.5. The van der Waals surface area contributed by atoms with Gasteiger partial charge in [0.05, 0.1) is 5.75 Å². The highest BCUT2D eigenvalue weighted by Gasteiger charge is 2.36. The van der Waals surface area contributed by atoms with E-state index >= 15 is 0 Å². The van der Waals surface area contributed by atoms with Crippen molar-refractivity contribution in [1.29, 1.82) is 0 Å². The maximum atomic E-state index is 12.3. The normalized spacial score (nSPS) is 15.8. The Labute approximate surface area is 116 Å². The summed E-state index contributed by atoms with van der Waals surface area (Å²) in [5, 5.41) is 12.4. The molecule has 1 aromatic heterocycles. The van der Waals surface area contributed by atoms with Crippen LogP contribution < -0.4 is 0 Å². The summed E-state index contributed by atoms with van der Waals surface area (Å²) >= 11 is 1.55. The number of rotatable bonds is 8. The number of aliphatic carboxylic acids is 1. The van der Waals surface area contributed by atoms with Gasteiger partial charge < -0.3 is 5.11 Å². The fourth-order valence-corrected chi connectivity index (χ4v) is 4.32. The Morgan fingerprint density at radius 3 is 2.74 bits per heavy atom. The Morgan fingerprint density at radius 1 is 1.47 bits per heavy atom. The van der Waals surface area contributed by atoms with E-state index in [-0.39, 0.29) is 24.6 Å². The molecule has 106 valence electrons. The van der Waals surface area contributed by atoms with E-state index < -0.39 is 16.0 Å². The van der Waals surface area contributed by atoms with Crippen LogP contribution in [0.2, 0.25) is 0 Å². The molecule has 0 aromatic carbocycles. The second-order valence-corrected chi connectivity index (χ2v) is 7.54. The first-order valence-corrected chi connectivity index (χ1v) is 8.76. The third-order valence-electron chi connectivity index (χ3n) is 3.02. The molecule has 0 spiro atoms. The number of carboxylic acids is 1. The molecule has 0 radical (unpaired) electrons. The van der Waals surface area contributed by atoms with Gasteiger partial charge in [-0.2, -0.15) is 15.6 Å². The minimum Gasteiger partial charge on any atom is -0.481 e. The summed E-state index contributed by atoms with van der Waals surface area (Å²) in [5.74, 6) is -1.04. The second-order valence-electron chi connectivity index (χ2n) is 4.72. The molecule has 19 heavy (non-hydrogen) atoms. The third-order valence-corrected chi connectivity index (χ3v) is 5.70.